The minimum atomic E-state index is -0.899. The molecule has 0 saturated heterocycles. The van der Waals surface area contributed by atoms with Crippen LogP contribution in [0.3, 0.4) is 0 Å². The van der Waals surface area contributed by atoms with E-state index in [1.807, 2.05) is 24.3 Å². The van der Waals surface area contributed by atoms with E-state index in [9.17, 15) is 14.7 Å². The SMILES string of the molecule is CCc1ccc(-c2nc(Nc3ccc(C(=O)OC)cc3)sc2CC(=O)O)cc1. The Morgan fingerprint density at radius 3 is 2.36 bits per heavy atom. The summed E-state index contributed by atoms with van der Waals surface area (Å²) in [4.78, 5) is 28.1. The number of hydrogen-bond donors (Lipinski definition) is 2. The van der Waals surface area contributed by atoms with Gasteiger partial charge in [-0.05, 0) is 36.2 Å². The zero-order chi connectivity index (χ0) is 20.1. The second kappa shape index (κ2) is 8.67. The summed E-state index contributed by atoms with van der Waals surface area (Å²) in [7, 11) is 1.34. The van der Waals surface area contributed by atoms with Gasteiger partial charge in [0.1, 0.15) is 0 Å². The summed E-state index contributed by atoms with van der Waals surface area (Å²) in [5.74, 6) is -1.30. The van der Waals surface area contributed by atoms with Crippen molar-refractivity contribution in [3.05, 3.63) is 64.5 Å². The molecule has 0 bridgehead atoms. The maximum atomic E-state index is 11.5. The minimum absolute atomic E-state index is 0.0918. The Morgan fingerprint density at radius 1 is 1.11 bits per heavy atom. The average molecular weight is 396 g/mol. The van der Waals surface area contributed by atoms with Crippen LogP contribution in [0.25, 0.3) is 11.3 Å². The van der Waals surface area contributed by atoms with E-state index in [0.29, 0.717) is 21.3 Å². The Labute approximate surface area is 166 Å². The largest absolute Gasteiger partial charge is 0.481 e. The molecule has 1 heterocycles. The maximum Gasteiger partial charge on any atom is 0.337 e. The number of thiazole rings is 1. The Kier molecular flexibility index (Phi) is 6.06. The number of aryl methyl sites for hydroxylation is 1. The molecule has 0 saturated carbocycles. The fraction of sp³-hybridized carbons (Fsp3) is 0.190. The molecular weight excluding hydrogens is 376 g/mol. The molecule has 2 N–H and O–H groups in total. The lowest BCUT2D eigenvalue weighted by atomic mass is 10.1. The minimum Gasteiger partial charge on any atom is -0.481 e. The standard InChI is InChI=1S/C21H20N2O4S/c1-3-13-4-6-14(7-5-13)19-17(12-18(24)25)28-21(23-19)22-16-10-8-15(9-11-16)20(26)27-2/h4-11H,3,12H2,1-2H3,(H,22,23)(H,24,25). The lowest BCUT2D eigenvalue weighted by Crippen LogP contribution is -2.00. The van der Waals surface area contributed by atoms with Gasteiger partial charge in [0.2, 0.25) is 0 Å². The summed E-state index contributed by atoms with van der Waals surface area (Å²) in [6.07, 6.45) is 0.846. The maximum absolute atomic E-state index is 11.5. The van der Waals surface area contributed by atoms with Gasteiger partial charge >= 0.3 is 11.9 Å². The van der Waals surface area contributed by atoms with Crippen molar-refractivity contribution in [2.24, 2.45) is 0 Å². The smallest absolute Gasteiger partial charge is 0.337 e. The van der Waals surface area contributed by atoms with Crippen molar-refractivity contribution < 1.29 is 19.4 Å². The Balaban J connectivity index is 1.88. The van der Waals surface area contributed by atoms with Crippen molar-refractivity contribution in [3.63, 3.8) is 0 Å². The molecule has 0 spiro atoms. The average Bonchev–Trinajstić information content (AvgIpc) is 3.09. The lowest BCUT2D eigenvalue weighted by molar-refractivity contribution is -0.136. The molecule has 1 aromatic heterocycles. The fourth-order valence-corrected chi connectivity index (χ4v) is 3.71. The van der Waals surface area contributed by atoms with Crippen LogP contribution in [0.5, 0.6) is 0 Å². The molecule has 0 radical (unpaired) electrons. The Morgan fingerprint density at radius 2 is 1.79 bits per heavy atom. The van der Waals surface area contributed by atoms with Gasteiger partial charge in [-0.15, -0.1) is 11.3 Å². The van der Waals surface area contributed by atoms with E-state index < -0.39 is 11.9 Å². The monoisotopic (exact) mass is 396 g/mol. The molecule has 7 heteroatoms. The molecule has 0 amide bonds. The van der Waals surface area contributed by atoms with Crippen molar-refractivity contribution in [3.8, 4) is 11.3 Å². The number of nitrogens with zero attached hydrogens (tertiary/aromatic N) is 1. The number of esters is 1. The van der Waals surface area contributed by atoms with Crippen LogP contribution in [0.15, 0.2) is 48.5 Å². The van der Waals surface area contributed by atoms with E-state index >= 15 is 0 Å². The zero-order valence-electron chi connectivity index (χ0n) is 15.6. The van der Waals surface area contributed by atoms with Crippen LogP contribution in [0.1, 0.15) is 27.7 Å². The number of carbonyl (C=O) groups excluding carboxylic acids is 1. The number of carboxylic acid groups (broad SMARTS) is 1. The first-order valence-electron chi connectivity index (χ1n) is 8.76. The Bertz CT molecular complexity index is 979. The molecule has 0 unspecified atom stereocenters. The number of aromatic nitrogens is 1. The third-order valence-electron chi connectivity index (χ3n) is 4.20. The Hall–Kier alpha value is -3.19. The molecule has 2 aromatic carbocycles. The van der Waals surface area contributed by atoms with Crippen molar-refractivity contribution >= 4 is 34.1 Å². The zero-order valence-corrected chi connectivity index (χ0v) is 16.4. The van der Waals surface area contributed by atoms with E-state index in [0.717, 1.165) is 17.7 Å². The molecule has 0 aliphatic carbocycles. The predicted octanol–water partition coefficient (Wildman–Crippen LogP) is 4.53. The number of ether oxygens (including phenoxy) is 1. The van der Waals surface area contributed by atoms with Crippen molar-refractivity contribution in [2.75, 3.05) is 12.4 Å². The van der Waals surface area contributed by atoms with Crippen LogP contribution >= 0.6 is 11.3 Å². The predicted molar refractivity (Wildman–Crippen MR) is 109 cm³/mol. The molecule has 0 atom stereocenters. The van der Waals surface area contributed by atoms with Crippen LogP contribution in [0, 0.1) is 0 Å². The van der Waals surface area contributed by atoms with Gasteiger partial charge in [0.05, 0.1) is 24.8 Å². The second-order valence-electron chi connectivity index (χ2n) is 6.11. The highest BCUT2D eigenvalue weighted by molar-refractivity contribution is 7.16. The molecule has 3 rings (SSSR count). The number of rotatable bonds is 7. The number of anilines is 2. The summed E-state index contributed by atoms with van der Waals surface area (Å²) >= 11 is 1.31. The highest BCUT2D eigenvalue weighted by Crippen LogP contribution is 2.33. The highest BCUT2D eigenvalue weighted by atomic mass is 32.1. The van der Waals surface area contributed by atoms with E-state index in [-0.39, 0.29) is 6.42 Å². The van der Waals surface area contributed by atoms with Gasteiger partial charge in [-0.25, -0.2) is 9.78 Å². The van der Waals surface area contributed by atoms with Crippen LogP contribution in [-0.2, 0) is 22.4 Å². The topological polar surface area (TPSA) is 88.5 Å². The number of carboxylic acids is 1. The van der Waals surface area contributed by atoms with Gasteiger partial charge in [-0.1, -0.05) is 31.2 Å². The van der Waals surface area contributed by atoms with E-state index in [4.69, 9.17) is 4.74 Å². The fourth-order valence-electron chi connectivity index (χ4n) is 2.72. The van der Waals surface area contributed by atoms with Crippen LogP contribution in [0.4, 0.5) is 10.8 Å². The molecule has 0 aliphatic heterocycles. The molecule has 28 heavy (non-hydrogen) atoms. The van der Waals surface area contributed by atoms with Gasteiger partial charge in [-0.3, -0.25) is 4.79 Å². The summed E-state index contributed by atoms with van der Waals surface area (Å²) in [5, 5.41) is 13.0. The second-order valence-corrected chi connectivity index (χ2v) is 7.19. The summed E-state index contributed by atoms with van der Waals surface area (Å²) in [6, 6.07) is 14.8. The molecular formula is C21H20N2O4S. The van der Waals surface area contributed by atoms with Gasteiger partial charge in [0, 0.05) is 16.1 Å². The third-order valence-corrected chi connectivity index (χ3v) is 5.17. The number of methoxy groups -OCH3 is 1. The number of hydrogen-bond acceptors (Lipinski definition) is 6. The summed E-state index contributed by atoms with van der Waals surface area (Å²) < 4.78 is 4.69. The third kappa shape index (κ3) is 4.55. The first-order valence-corrected chi connectivity index (χ1v) is 9.58. The molecule has 0 aliphatic rings. The van der Waals surface area contributed by atoms with Crippen molar-refractivity contribution in [2.45, 2.75) is 19.8 Å². The number of carbonyl (C=O) groups is 2. The summed E-state index contributed by atoms with van der Waals surface area (Å²) in [6.45, 7) is 2.08. The van der Waals surface area contributed by atoms with E-state index in [1.54, 1.807) is 24.3 Å². The molecule has 6 nitrogen and oxygen atoms in total. The van der Waals surface area contributed by atoms with Gasteiger partial charge in [0.15, 0.2) is 5.13 Å². The number of aliphatic carboxylic acids is 1. The number of nitrogens with one attached hydrogen (secondary N) is 1. The first kappa shape index (κ1) is 19.6. The van der Waals surface area contributed by atoms with E-state index in [1.165, 1.54) is 24.0 Å². The van der Waals surface area contributed by atoms with Gasteiger partial charge < -0.3 is 15.2 Å². The summed E-state index contributed by atoms with van der Waals surface area (Å²) in [5.41, 5.74) is 3.97. The first-order chi connectivity index (χ1) is 13.5. The van der Waals surface area contributed by atoms with Crippen LogP contribution in [0.2, 0.25) is 0 Å². The van der Waals surface area contributed by atoms with Crippen molar-refractivity contribution in [1.82, 2.24) is 4.98 Å². The van der Waals surface area contributed by atoms with Crippen LogP contribution < -0.4 is 5.32 Å². The molecule has 3 aromatic rings. The quantitative estimate of drug-likeness (QED) is 0.571. The van der Waals surface area contributed by atoms with Crippen molar-refractivity contribution in [1.29, 1.82) is 0 Å². The van der Waals surface area contributed by atoms with Crippen LogP contribution in [-0.4, -0.2) is 29.1 Å². The van der Waals surface area contributed by atoms with Gasteiger partial charge in [-0.2, -0.15) is 0 Å². The van der Waals surface area contributed by atoms with Gasteiger partial charge in [0.25, 0.3) is 0 Å². The molecule has 144 valence electrons. The highest BCUT2D eigenvalue weighted by Gasteiger charge is 2.16. The lowest BCUT2D eigenvalue weighted by Gasteiger charge is -2.04. The van der Waals surface area contributed by atoms with E-state index in [2.05, 4.69) is 17.2 Å². The normalized spacial score (nSPS) is 10.5. The molecule has 0 fully saturated rings. The number of benzene rings is 2.